The second-order valence-electron chi connectivity index (χ2n) is 8.92. The van der Waals surface area contributed by atoms with Crippen molar-refractivity contribution in [3.8, 4) is 0 Å². The third-order valence-corrected chi connectivity index (χ3v) is 4.76. The number of carbonyl (C=O) groups is 2. The number of ether oxygens (including phenoxy) is 2. The molecule has 0 amide bonds. The monoisotopic (exact) mass is 410 g/mol. The quantitative estimate of drug-likeness (QED) is 0.147. The fraction of sp³-hybridized carbons (Fsp3) is 0.840. The Kier molecular flexibility index (Phi) is 16.7. The van der Waals surface area contributed by atoms with E-state index < -0.39 is 0 Å². The number of esters is 2. The van der Waals surface area contributed by atoms with Crippen LogP contribution in [0.15, 0.2) is 11.1 Å². The third kappa shape index (κ3) is 14.3. The van der Waals surface area contributed by atoms with Crippen LogP contribution in [0.4, 0.5) is 0 Å². The second kappa shape index (κ2) is 17.5. The summed E-state index contributed by atoms with van der Waals surface area (Å²) < 4.78 is 11.0. The molecule has 0 saturated heterocycles. The van der Waals surface area contributed by atoms with Crippen molar-refractivity contribution >= 4 is 11.9 Å². The lowest BCUT2D eigenvalue weighted by Crippen LogP contribution is -2.20. The Morgan fingerprint density at radius 2 is 0.931 bits per heavy atom. The SMILES string of the molecule is CCCCCCCC/C(C(=O)OCC(C)C)=C(\CCCCC)C(=O)OCC(C)C. The number of carbonyl (C=O) groups excluding carboxylic acids is 2. The van der Waals surface area contributed by atoms with Gasteiger partial charge in [-0.2, -0.15) is 0 Å². The van der Waals surface area contributed by atoms with Crippen LogP contribution in [0.2, 0.25) is 0 Å². The van der Waals surface area contributed by atoms with Gasteiger partial charge in [0.15, 0.2) is 0 Å². The molecule has 0 spiro atoms. The summed E-state index contributed by atoms with van der Waals surface area (Å²) in [5.41, 5.74) is 1.09. The first kappa shape index (κ1) is 27.7. The summed E-state index contributed by atoms with van der Waals surface area (Å²) in [6.07, 6.45) is 11.0. The molecule has 0 aliphatic carbocycles. The number of rotatable bonds is 17. The molecule has 29 heavy (non-hydrogen) atoms. The molecule has 0 aliphatic rings. The standard InChI is InChI=1S/C25H46O4/c1-7-9-11-12-13-15-17-23(25(27)29-19-21(5)6)22(16-14-10-8-2)24(26)28-18-20(3)4/h20-21H,7-19H2,1-6H3/b23-22-. The Hall–Kier alpha value is -1.32. The minimum Gasteiger partial charge on any atom is -0.462 e. The maximum atomic E-state index is 12.8. The Morgan fingerprint density at radius 3 is 1.34 bits per heavy atom. The fourth-order valence-electron chi connectivity index (χ4n) is 3.05. The van der Waals surface area contributed by atoms with Crippen LogP contribution in [-0.2, 0) is 19.1 Å². The van der Waals surface area contributed by atoms with E-state index in [0.29, 0.717) is 37.2 Å². The molecule has 0 unspecified atom stereocenters. The van der Waals surface area contributed by atoms with Crippen molar-refractivity contribution in [2.24, 2.45) is 11.8 Å². The zero-order valence-electron chi connectivity index (χ0n) is 20.0. The average Bonchev–Trinajstić information content (AvgIpc) is 2.67. The molecular formula is C25H46O4. The molecule has 0 rings (SSSR count). The minimum atomic E-state index is -0.336. The van der Waals surface area contributed by atoms with E-state index >= 15 is 0 Å². The summed E-state index contributed by atoms with van der Waals surface area (Å²) in [4.78, 5) is 25.7. The summed E-state index contributed by atoms with van der Waals surface area (Å²) >= 11 is 0. The van der Waals surface area contributed by atoms with E-state index in [1.54, 1.807) is 0 Å². The first-order valence-electron chi connectivity index (χ1n) is 11.9. The van der Waals surface area contributed by atoms with Gasteiger partial charge in [0, 0.05) is 11.1 Å². The van der Waals surface area contributed by atoms with Crippen LogP contribution in [0.3, 0.4) is 0 Å². The highest BCUT2D eigenvalue weighted by molar-refractivity contribution is 6.00. The van der Waals surface area contributed by atoms with Crippen LogP contribution in [0.25, 0.3) is 0 Å². The molecule has 0 radical (unpaired) electrons. The Labute approximate surface area is 179 Å². The lowest BCUT2D eigenvalue weighted by molar-refractivity contribution is -0.143. The van der Waals surface area contributed by atoms with Crippen molar-refractivity contribution in [3.63, 3.8) is 0 Å². The Balaban J connectivity index is 5.37. The predicted octanol–water partition coefficient (Wildman–Crippen LogP) is 7.01. The van der Waals surface area contributed by atoms with E-state index in [4.69, 9.17) is 9.47 Å². The topological polar surface area (TPSA) is 52.6 Å². The van der Waals surface area contributed by atoms with Gasteiger partial charge in [0.25, 0.3) is 0 Å². The van der Waals surface area contributed by atoms with E-state index in [9.17, 15) is 9.59 Å². The number of hydrogen-bond donors (Lipinski definition) is 0. The zero-order chi connectivity index (χ0) is 22.1. The molecule has 0 aromatic heterocycles. The van der Waals surface area contributed by atoms with Gasteiger partial charge in [-0.3, -0.25) is 0 Å². The molecule has 170 valence electrons. The van der Waals surface area contributed by atoms with Crippen LogP contribution in [-0.4, -0.2) is 25.2 Å². The summed E-state index contributed by atoms with van der Waals surface area (Å²) in [5.74, 6) is -0.131. The largest absolute Gasteiger partial charge is 0.462 e. The van der Waals surface area contributed by atoms with E-state index in [1.807, 2.05) is 27.7 Å². The highest BCUT2D eigenvalue weighted by Gasteiger charge is 2.23. The normalized spacial score (nSPS) is 12.3. The smallest absolute Gasteiger partial charge is 0.334 e. The van der Waals surface area contributed by atoms with Gasteiger partial charge in [0.05, 0.1) is 13.2 Å². The molecule has 0 N–H and O–H groups in total. The summed E-state index contributed by atoms with van der Waals surface area (Å²) in [5, 5.41) is 0. The highest BCUT2D eigenvalue weighted by Crippen LogP contribution is 2.23. The van der Waals surface area contributed by atoms with Crippen molar-refractivity contribution < 1.29 is 19.1 Å². The van der Waals surface area contributed by atoms with Crippen LogP contribution < -0.4 is 0 Å². The van der Waals surface area contributed by atoms with E-state index in [1.165, 1.54) is 25.7 Å². The maximum Gasteiger partial charge on any atom is 0.334 e. The van der Waals surface area contributed by atoms with E-state index in [0.717, 1.165) is 32.1 Å². The molecule has 4 nitrogen and oxygen atoms in total. The van der Waals surface area contributed by atoms with Gasteiger partial charge in [-0.25, -0.2) is 9.59 Å². The first-order valence-corrected chi connectivity index (χ1v) is 11.9. The predicted molar refractivity (Wildman–Crippen MR) is 121 cm³/mol. The van der Waals surface area contributed by atoms with Crippen molar-refractivity contribution in [2.45, 2.75) is 112 Å². The van der Waals surface area contributed by atoms with Crippen molar-refractivity contribution in [2.75, 3.05) is 13.2 Å². The Morgan fingerprint density at radius 1 is 0.586 bits per heavy atom. The molecule has 4 heteroatoms. The average molecular weight is 411 g/mol. The molecule has 0 aromatic carbocycles. The van der Waals surface area contributed by atoms with Crippen LogP contribution >= 0.6 is 0 Å². The van der Waals surface area contributed by atoms with Crippen molar-refractivity contribution in [1.29, 1.82) is 0 Å². The van der Waals surface area contributed by atoms with Crippen LogP contribution in [0.5, 0.6) is 0 Å². The van der Waals surface area contributed by atoms with E-state index in [-0.39, 0.29) is 23.8 Å². The number of unbranched alkanes of at least 4 members (excludes halogenated alkanes) is 7. The van der Waals surface area contributed by atoms with Crippen molar-refractivity contribution in [3.05, 3.63) is 11.1 Å². The summed E-state index contributed by atoms with van der Waals surface area (Å²) in [7, 11) is 0. The van der Waals surface area contributed by atoms with Gasteiger partial charge >= 0.3 is 11.9 Å². The zero-order valence-corrected chi connectivity index (χ0v) is 20.0. The first-order chi connectivity index (χ1) is 13.8. The molecule has 0 bridgehead atoms. The van der Waals surface area contributed by atoms with Gasteiger partial charge in [0.2, 0.25) is 0 Å². The number of hydrogen-bond acceptors (Lipinski definition) is 4. The molecular weight excluding hydrogens is 364 g/mol. The third-order valence-electron chi connectivity index (χ3n) is 4.76. The highest BCUT2D eigenvalue weighted by atomic mass is 16.5. The molecule has 0 saturated carbocycles. The lowest BCUT2D eigenvalue weighted by atomic mass is 9.96. The van der Waals surface area contributed by atoms with Gasteiger partial charge in [0.1, 0.15) is 0 Å². The van der Waals surface area contributed by atoms with Crippen LogP contribution in [0, 0.1) is 11.8 Å². The van der Waals surface area contributed by atoms with Gasteiger partial charge < -0.3 is 9.47 Å². The van der Waals surface area contributed by atoms with Crippen LogP contribution in [0.1, 0.15) is 112 Å². The van der Waals surface area contributed by atoms with E-state index in [2.05, 4.69) is 13.8 Å². The molecule has 0 aliphatic heterocycles. The fourth-order valence-corrected chi connectivity index (χ4v) is 3.05. The molecule has 0 aromatic rings. The molecule has 0 atom stereocenters. The van der Waals surface area contributed by atoms with Gasteiger partial charge in [-0.05, 0) is 37.5 Å². The molecule has 0 fully saturated rings. The molecule has 0 heterocycles. The van der Waals surface area contributed by atoms with Gasteiger partial charge in [-0.15, -0.1) is 0 Å². The lowest BCUT2D eigenvalue weighted by Gasteiger charge is -2.16. The Bertz CT molecular complexity index is 477. The second-order valence-corrected chi connectivity index (χ2v) is 8.92. The maximum absolute atomic E-state index is 12.8. The summed E-state index contributed by atoms with van der Waals surface area (Å²) in [6, 6.07) is 0. The van der Waals surface area contributed by atoms with Crippen molar-refractivity contribution in [1.82, 2.24) is 0 Å². The summed E-state index contributed by atoms with van der Waals surface area (Å²) in [6.45, 7) is 13.2. The minimum absolute atomic E-state index is 0.269. The van der Waals surface area contributed by atoms with Gasteiger partial charge in [-0.1, -0.05) is 86.5 Å².